The van der Waals surface area contributed by atoms with E-state index in [2.05, 4.69) is 5.32 Å². The van der Waals surface area contributed by atoms with Crippen molar-refractivity contribution in [3.05, 3.63) is 30.5 Å². The monoisotopic (exact) mass is 410 g/mol. The van der Waals surface area contributed by atoms with Gasteiger partial charge in [0.05, 0.1) is 11.2 Å². The molecule has 0 radical (unpaired) electrons. The first-order valence-corrected chi connectivity index (χ1v) is 10.9. The minimum absolute atomic E-state index is 0.172. The fourth-order valence-corrected chi connectivity index (χ4v) is 4.41. The van der Waals surface area contributed by atoms with Gasteiger partial charge in [-0.15, -0.1) is 0 Å². The summed E-state index contributed by atoms with van der Waals surface area (Å²) < 4.78 is 38.2. The lowest BCUT2D eigenvalue weighted by molar-refractivity contribution is 0.0526. The van der Waals surface area contributed by atoms with Crippen LogP contribution < -0.4 is 5.32 Å². The Bertz CT molecular complexity index is 897. The quantitative estimate of drug-likeness (QED) is 0.665. The van der Waals surface area contributed by atoms with Crippen LogP contribution in [-0.4, -0.2) is 44.1 Å². The third-order valence-corrected chi connectivity index (χ3v) is 5.74. The van der Waals surface area contributed by atoms with Crippen LogP contribution in [0.25, 0.3) is 11.0 Å². The van der Waals surface area contributed by atoms with E-state index in [1.807, 2.05) is 13.8 Å². The molecule has 1 amide bonds. The molecule has 156 valence electrons. The Morgan fingerprint density at radius 2 is 1.96 bits per heavy atom. The number of hydrogen-bond acceptors (Lipinski definition) is 5. The minimum atomic E-state index is -3.65. The molecule has 0 aliphatic heterocycles. The molecule has 0 aliphatic rings. The van der Waals surface area contributed by atoms with Gasteiger partial charge in [0.15, 0.2) is 0 Å². The van der Waals surface area contributed by atoms with Crippen molar-refractivity contribution in [2.75, 3.05) is 19.6 Å². The lowest BCUT2D eigenvalue weighted by Gasteiger charge is -2.24. The van der Waals surface area contributed by atoms with E-state index in [1.54, 1.807) is 45.0 Å². The van der Waals surface area contributed by atoms with Crippen molar-refractivity contribution in [3.8, 4) is 0 Å². The summed E-state index contributed by atoms with van der Waals surface area (Å²) in [7, 11) is -3.65. The summed E-state index contributed by atoms with van der Waals surface area (Å²) in [5.74, 6) is 0.172. The number of sulfonamides is 1. The van der Waals surface area contributed by atoms with E-state index in [0.29, 0.717) is 31.6 Å². The molecule has 2 aromatic rings. The molecule has 0 atom stereocenters. The van der Waals surface area contributed by atoms with Crippen molar-refractivity contribution in [1.82, 2.24) is 9.62 Å². The second-order valence-electron chi connectivity index (χ2n) is 8.16. The largest absolute Gasteiger partial charge is 0.464 e. The van der Waals surface area contributed by atoms with Gasteiger partial charge in [-0.1, -0.05) is 13.8 Å². The summed E-state index contributed by atoms with van der Waals surface area (Å²) in [5.41, 5.74) is 0.0824. The number of carbonyl (C=O) groups excluding carboxylic acids is 1. The van der Waals surface area contributed by atoms with Gasteiger partial charge in [-0.25, -0.2) is 13.2 Å². The van der Waals surface area contributed by atoms with Crippen LogP contribution in [0.3, 0.4) is 0 Å². The Balaban J connectivity index is 2.04. The Hall–Kier alpha value is -2.06. The van der Waals surface area contributed by atoms with Crippen LogP contribution in [-0.2, 0) is 14.8 Å². The van der Waals surface area contributed by atoms with Gasteiger partial charge in [0.2, 0.25) is 10.0 Å². The number of amides is 1. The standard InChI is InChI=1S/C20H30N2O5S/c1-15(2)14-22(11-6-10-21-19(23)27-20(3,4)5)28(24,25)17-7-8-18-16(13-17)9-12-26-18/h7-9,12-13,15H,6,10-11,14H2,1-5H3,(H,21,23). The molecule has 0 spiro atoms. The predicted molar refractivity (Wildman–Crippen MR) is 109 cm³/mol. The van der Waals surface area contributed by atoms with Gasteiger partial charge in [0.25, 0.3) is 0 Å². The van der Waals surface area contributed by atoms with Gasteiger partial charge in [0, 0.05) is 25.0 Å². The number of fused-ring (bicyclic) bond motifs is 1. The molecule has 0 saturated carbocycles. The number of rotatable bonds is 8. The molecule has 0 bridgehead atoms. The van der Waals surface area contributed by atoms with Gasteiger partial charge < -0.3 is 14.5 Å². The van der Waals surface area contributed by atoms with E-state index in [0.717, 1.165) is 5.39 Å². The Morgan fingerprint density at radius 3 is 2.61 bits per heavy atom. The summed E-state index contributed by atoms with van der Waals surface area (Å²) in [5, 5.41) is 3.41. The topological polar surface area (TPSA) is 88.9 Å². The van der Waals surface area contributed by atoms with Crippen LogP contribution in [0.1, 0.15) is 41.0 Å². The van der Waals surface area contributed by atoms with Crippen molar-refractivity contribution in [1.29, 1.82) is 0 Å². The Morgan fingerprint density at radius 1 is 1.25 bits per heavy atom. The molecule has 0 unspecified atom stereocenters. The highest BCUT2D eigenvalue weighted by molar-refractivity contribution is 7.89. The molecule has 8 heteroatoms. The van der Waals surface area contributed by atoms with Crippen LogP contribution in [0.15, 0.2) is 39.8 Å². The van der Waals surface area contributed by atoms with Crippen LogP contribution in [0, 0.1) is 5.92 Å². The van der Waals surface area contributed by atoms with E-state index < -0.39 is 21.7 Å². The number of ether oxygens (including phenoxy) is 1. The average molecular weight is 411 g/mol. The first-order chi connectivity index (χ1) is 13.0. The van der Waals surface area contributed by atoms with Crippen LogP contribution in [0.5, 0.6) is 0 Å². The summed E-state index contributed by atoms with van der Waals surface area (Å²) in [4.78, 5) is 12.0. The fourth-order valence-electron chi connectivity index (χ4n) is 2.73. The molecule has 0 fully saturated rings. The highest BCUT2D eigenvalue weighted by Crippen LogP contribution is 2.23. The van der Waals surface area contributed by atoms with E-state index in [1.165, 1.54) is 10.6 Å². The van der Waals surface area contributed by atoms with E-state index in [9.17, 15) is 13.2 Å². The maximum atomic E-state index is 13.1. The molecule has 1 aromatic heterocycles. The number of furan rings is 1. The SMILES string of the molecule is CC(C)CN(CCCNC(=O)OC(C)(C)C)S(=O)(=O)c1ccc2occc2c1. The predicted octanol–water partition coefficient (Wildman–Crippen LogP) is 3.99. The zero-order valence-electron chi connectivity index (χ0n) is 17.2. The lowest BCUT2D eigenvalue weighted by atomic mass is 10.2. The molecule has 0 aliphatic carbocycles. The molecular formula is C20H30N2O5S. The second kappa shape index (κ2) is 8.96. The molecule has 1 heterocycles. The van der Waals surface area contributed by atoms with Crippen molar-refractivity contribution < 1.29 is 22.4 Å². The zero-order valence-corrected chi connectivity index (χ0v) is 18.0. The first-order valence-electron chi connectivity index (χ1n) is 9.43. The van der Waals surface area contributed by atoms with Crippen LogP contribution in [0.4, 0.5) is 4.79 Å². The summed E-state index contributed by atoms with van der Waals surface area (Å²) in [6, 6.07) is 6.60. The number of benzene rings is 1. The molecule has 1 N–H and O–H groups in total. The third kappa shape index (κ3) is 6.24. The maximum absolute atomic E-state index is 13.1. The van der Waals surface area contributed by atoms with Gasteiger partial charge in [-0.3, -0.25) is 0 Å². The maximum Gasteiger partial charge on any atom is 0.407 e. The summed E-state index contributed by atoms with van der Waals surface area (Å²) in [6.45, 7) is 10.4. The van der Waals surface area contributed by atoms with Crippen molar-refractivity contribution in [3.63, 3.8) is 0 Å². The number of hydrogen-bond donors (Lipinski definition) is 1. The number of nitrogens with zero attached hydrogens (tertiary/aromatic N) is 1. The van der Waals surface area contributed by atoms with Crippen molar-refractivity contribution in [2.24, 2.45) is 5.92 Å². The normalized spacial score (nSPS) is 12.7. The van der Waals surface area contributed by atoms with E-state index in [4.69, 9.17) is 9.15 Å². The molecule has 1 aromatic carbocycles. The number of alkyl carbamates (subject to hydrolysis) is 1. The molecular weight excluding hydrogens is 380 g/mol. The van der Waals surface area contributed by atoms with Gasteiger partial charge in [0.1, 0.15) is 11.2 Å². The lowest BCUT2D eigenvalue weighted by Crippen LogP contribution is -2.37. The van der Waals surface area contributed by atoms with Crippen LogP contribution >= 0.6 is 0 Å². The van der Waals surface area contributed by atoms with Crippen LogP contribution in [0.2, 0.25) is 0 Å². The second-order valence-corrected chi connectivity index (χ2v) is 10.1. The number of carbonyl (C=O) groups is 1. The van der Waals surface area contributed by atoms with Crippen molar-refractivity contribution in [2.45, 2.75) is 51.5 Å². The Kier molecular flexibility index (Phi) is 7.11. The summed E-state index contributed by atoms with van der Waals surface area (Å²) >= 11 is 0. The smallest absolute Gasteiger partial charge is 0.407 e. The minimum Gasteiger partial charge on any atom is -0.464 e. The number of nitrogens with one attached hydrogen (secondary N) is 1. The van der Waals surface area contributed by atoms with Crippen molar-refractivity contribution >= 4 is 27.1 Å². The molecule has 0 saturated heterocycles. The van der Waals surface area contributed by atoms with E-state index in [-0.39, 0.29) is 10.8 Å². The molecule has 2 rings (SSSR count). The molecule has 7 nitrogen and oxygen atoms in total. The Labute approximate surface area is 167 Å². The first kappa shape index (κ1) is 22.2. The average Bonchev–Trinajstić information content (AvgIpc) is 3.03. The van der Waals surface area contributed by atoms with E-state index >= 15 is 0 Å². The highest BCUT2D eigenvalue weighted by atomic mass is 32.2. The fraction of sp³-hybridized carbons (Fsp3) is 0.550. The van der Waals surface area contributed by atoms with Gasteiger partial charge >= 0.3 is 6.09 Å². The zero-order chi connectivity index (χ0) is 20.9. The molecule has 28 heavy (non-hydrogen) atoms. The van der Waals surface area contributed by atoms with Gasteiger partial charge in [-0.05, 0) is 57.4 Å². The highest BCUT2D eigenvalue weighted by Gasteiger charge is 2.25. The third-order valence-electron chi connectivity index (χ3n) is 3.88. The summed E-state index contributed by atoms with van der Waals surface area (Å²) in [6.07, 6.45) is 1.52. The van der Waals surface area contributed by atoms with Gasteiger partial charge in [-0.2, -0.15) is 4.31 Å².